The average Bonchev–Trinajstić information content (AvgIpc) is 2.66. The van der Waals surface area contributed by atoms with Crippen molar-refractivity contribution in [2.24, 2.45) is 0 Å². The zero-order chi connectivity index (χ0) is 17.5. The molecular weight excluding hydrogens is 312 g/mol. The SMILES string of the molecule is COc1cccc(CNc2ccccn2)c1OCc1ccccc1C. The summed E-state index contributed by atoms with van der Waals surface area (Å²) >= 11 is 0. The third-order valence-electron chi connectivity index (χ3n) is 4.04. The minimum atomic E-state index is 0.504. The van der Waals surface area contributed by atoms with Crippen molar-refractivity contribution in [1.29, 1.82) is 0 Å². The maximum atomic E-state index is 6.13. The van der Waals surface area contributed by atoms with Crippen molar-refractivity contribution in [3.8, 4) is 11.5 Å². The zero-order valence-electron chi connectivity index (χ0n) is 14.5. The van der Waals surface area contributed by atoms with Crippen molar-refractivity contribution in [3.63, 3.8) is 0 Å². The van der Waals surface area contributed by atoms with Gasteiger partial charge < -0.3 is 14.8 Å². The van der Waals surface area contributed by atoms with Gasteiger partial charge in [-0.1, -0.05) is 42.5 Å². The minimum Gasteiger partial charge on any atom is -0.493 e. The van der Waals surface area contributed by atoms with Crippen LogP contribution in [0.25, 0.3) is 0 Å². The fraction of sp³-hybridized carbons (Fsp3) is 0.190. The number of methoxy groups -OCH3 is 1. The highest BCUT2D eigenvalue weighted by Gasteiger charge is 2.11. The van der Waals surface area contributed by atoms with E-state index in [2.05, 4.69) is 29.4 Å². The van der Waals surface area contributed by atoms with Crippen LogP contribution in [0.4, 0.5) is 5.82 Å². The Bertz CT molecular complexity index is 819. The quantitative estimate of drug-likeness (QED) is 0.686. The largest absolute Gasteiger partial charge is 0.493 e. The molecule has 1 N–H and O–H groups in total. The number of aromatic nitrogens is 1. The molecule has 0 atom stereocenters. The first kappa shape index (κ1) is 16.8. The molecule has 4 nitrogen and oxygen atoms in total. The van der Waals surface area contributed by atoms with Crippen LogP contribution >= 0.6 is 0 Å². The van der Waals surface area contributed by atoms with Gasteiger partial charge in [-0.3, -0.25) is 0 Å². The van der Waals surface area contributed by atoms with E-state index >= 15 is 0 Å². The van der Waals surface area contributed by atoms with Crippen molar-refractivity contribution < 1.29 is 9.47 Å². The Kier molecular flexibility index (Phi) is 5.52. The van der Waals surface area contributed by atoms with Gasteiger partial charge in [-0.05, 0) is 36.2 Å². The topological polar surface area (TPSA) is 43.4 Å². The first-order valence-electron chi connectivity index (χ1n) is 8.26. The summed E-state index contributed by atoms with van der Waals surface area (Å²) < 4.78 is 11.6. The summed E-state index contributed by atoms with van der Waals surface area (Å²) in [4.78, 5) is 4.29. The van der Waals surface area contributed by atoms with E-state index in [9.17, 15) is 0 Å². The molecule has 1 heterocycles. The lowest BCUT2D eigenvalue weighted by Gasteiger charge is -2.16. The van der Waals surface area contributed by atoms with Crippen molar-refractivity contribution in [2.75, 3.05) is 12.4 Å². The summed E-state index contributed by atoms with van der Waals surface area (Å²) in [5, 5.41) is 3.32. The van der Waals surface area contributed by atoms with Crippen LogP contribution in [0.5, 0.6) is 11.5 Å². The highest BCUT2D eigenvalue weighted by Crippen LogP contribution is 2.32. The maximum absolute atomic E-state index is 6.13. The van der Waals surface area contributed by atoms with E-state index in [1.165, 1.54) is 5.56 Å². The van der Waals surface area contributed by atoms with Crippen LogP contribution in [-0.2, 0) is 13.2 Å². The molecule has 25 heavy (non-hydrogen) atoms. The molecule has 0 saturated carbocycles. The van der Waals surface area contributed by atoms with Crippen molar-refractivity contribution in [2.45, 2.75) is 20.1 Å². The standard InChI is InChI=1S/C21H22N2O2/c1-16-8-3-4-9-18(16)15-25-21-17(10-7-11-19(21)24-2)14-23-20-12-5-6-13-22-20/h3-13H,14-15H2,1-2H3,(H,22,23). The van der Waals surface area contributed by atoms with Gasteiger partial charge in [0.05, 0.1) is 7.11 Å². The Morgan fingerprint density at radius 3 is 2.48 bits per heavy atom. The second kappa shape index (κ2) is 8.20. The average molecular weight is 334 g/mol. The van der Waals surface area contributed by atoms with Gasteiger partial charge in [-0.25, -0.2) is 4.98 Å². The van der Waals surface area contributed by atoms with E-state index in [1.54, 1.807) is 13.3 Å². The highest BCUT2D eigenvalue weighted by atomic mass is 16.5. The number of hydrogen-bond acceptors (Lipinski definition) is 4. The number of rotatable bonds is 7. The fourth-order valence-corrected chi connectivity index (χ4v) is 2.60. The maximum Gasteiger partial charge on any atom is 0.166 e. The molecule has 3 rings (SSSR count). The molecule has 0 spiro atoms. The van der Waals surface area contributed by atoms with Crippen molar-refractivity contribution in [1.82, 2.24) is 4.98 Å². The minimum absolute atomic E-state index is 0.504. The Morgan fingerprint density at radius 2 is 1.72 bits per heavy atom. The van der Waals surface area contributed by atoms with Gasteiger partial charge in [-0.2, -0.15) is 0 Å². The molecule has 4 heteroatoms. The van der Waals surface area contributed by atoms with Crippen LogP contribution in [0.1, 0.15) is 16.7 Å². The Morgan fingerprint density at radius 1 is 0.920 bits per heavy atom. The molecule has 3 aromatic rings. The van der Waals surface area contributed by atoms with E-state index in [-0.39, 0.29) is 0 Å². The number of aryl methyl sites for hydroxylation is 1. The first-order chi connectivity index (χ1) is 12.3. The van der Waals surface area contributed by atoms with Gasteiger partial charge in [0.25, 0.3) is 0 Å². The van der Waals surface area contributed by atoms with Crippen LogP contribution in [0, 0.1) is 6.92 Å². The lowest BCUT2D eigenvalue weighted by atomic mass is 10.1. The summed E-state index contributed by atoms with van der Waals surface area (Å²) in [5.41, 5.74) is 3.40. The Labute approximate surface area is 148 Å². The highest BCUT2D eigenvalue weighted by molar-refractivity contribution is 5.48. The van der Waals surface area contributed by atoms with Crippen molar-refractivity contribution in [3.05, 3.63) is 83.6 Å². The number of hydrogen-bond donors (Lipinski definition) is 1. The summed E-state index contributed by atoms with van der Waals surface area (Å²) in [6, 6.07) is 19.9. The number of benzene rings is 2. The number of nitrogens with one attached hydrogen (secondary N) is 1. The monoisotopic (exact) mass is 334 g/mol. The predicted octanol–water partition coefficient (Wildman–Crippen LogP) is 4.59. The van der Waals surface area contributed by atoms with E-state index in [4.69, 9.17) is 9.47 Å². The zero-order valence-corrected chi connectivity index (χ0v) is 14.5. The molecule has 0 unspecified atom stereocenters. The van der Waals surface area contributed by atoms with E-state index < -0.39 is 0 Å². The van der Waals surface area contributed by atoms with Crippen LogP contribution in [-0.4, -0.2) is 12.1 Å². The lowest BCUT2D eigenvalue weighted by molar-refractivity contribution is 0.281. The molecule has 0 aliphatic carbocycles. The number of ether oxygens (including phenoxy) is 2. The third-order valence-corrected chi connectivity index (χ3v) is 4.04. The Balaban J connectivity index is 1.78. The Hall–Kier alpha value is -3.01. The molecule has 2 aromatic carbocycles. The van der Waals surface area contributed by atoms with E-state index in [1.807, 2.05) is 48.5 Å². The second-order valence-electron chi connectivity index (χ2n) is 5.73. The molecule has 1 aromatic heterocycles. The van der Waals surface area contributed by atoms with Crippen molar-refractivity contribution >= 4 is 5.82 Å². The summed E-state index contributed by atoms with van der Waals surface area (Å²) in [5.74, 6) is 2.32. The number of anilines is 1. The molecular formula is C21H22N2O2. The normalized spacial score (nSPS) is 10.3. The van der Waals surface area contributed by atoms with Gasteiger partial charge >= 0.3 is 0 Å². The third kappa shape index (κ3) is 4.29. The summed E-state index contributed by atoms with van der Waals surface area (Å²) in [6.45, 7) is 3.20. The van der Waals surface area contributed by atoms with Gasteiger partial charge in [0.2, 0.25) is 0 Å². The predicted molar refractivity (Wildman–Crippen MR) is 100 cm³/mol. The van der Waals surface area contributed by atoms with E-state index in [0.29, 0.717) is 13.2 Å². The number of nitrogens with zero attached hydrogens (tertiary/aromatic N) is 1. The fourth-order valence-electron chi connectivity index (χ4n) is 2.60. The number of para-hydroxylation sites is 1. The molecule has 0 aliphatic heterocycles. The molecule has 0 radical (unpaired) electrons. The molecule has 0 fully saturated rings. The van der Waals surface area contributed by atoms with Crippen LogP contribution in [0.3, 0.4) is 0 Å². The smallest absolute Gasteiger partial charge is 0.166 e. The van der Waals surface area contributed by atoms with Gasteiger partial charge in [0.1, 0.15) is 12.4 Å². The molecule has 0 saturated heterocycles. The summed E-state index contributed by atoms with van der Waals surface area (Å²) in [6.07, 6.45) is 1.77. The molecule has 0 aliphatic rings. The molecule has 128 valence electrons. The lowest BCUT2D eigenvalue weighted by Crippen LogP contribution is -2.06. The van der Waals surface area contributed by atoms with E-state index in [0.717, 1.165) is 28.4 Å². The second-order valence-corrected chi connectivity index (χ2v) is 5.73. The van der Waals surface area contributed by atoms with Gasteiger partial charge in [0, 0.05) is 18.3 Å². The van der Waals surface area contributed by atoms with Crippen LogP contribution in [0.2, 0.25) is 0 Å². The first-order valence-corrected chi connectivity index (χ1v) is 8.26. The van der Waals surface area contributed by atoms with Gasteiger partial charge in [0.15, 0.2) is 11.5 Å². The van der Waals surface area contributed by atoms with Crippen LogP contribution in [0.15, 0.2) is 66.9 Å². The molecule has 0 amide bonds. The van der Waals surface area contributed by atoms with Gasteiger partial charge in [-0.15, -0.1) is 0 Å². The summed E-state index contributed by atoms with van der Waals surface area (Å²) in [7, 11) is 1.66. The van der Waals surface area contributed by atoms with Crippen LogP contribution < -0.4 is 14.8 Å². The number of pyridine rings is 1. The molecule has 0 bridgehead atoms.